The first kappa shape index (κ1) is 14.9. The van der Waals surface area contributed by atoms with Crippen LogP contribution in [-0.2, 0) is 9.53 Å². The molecule has 1 amide bonds. The van der Waals surface area contributed by atoms with Gasteiger partial charge >= 0.3 is 12.1 Å². The van der Waals surface area contributed by atoms with Gasteiger partial charge in [-0.15, -0.1) is 0 Å². The molecule has 0 aliphatic carbocycles. The van der Waals surface area contributed by atoms with Crippen LogP contribution in [0.3, 0.4) is 0 Å². The largest absolute Gasteiger partial charge is 0.478 e. The zero-order chi connectivity index (χ0) is 14.5. The van der Waals surface area contributed by atoms with Crippen LogP contribution in [0.1, 0.15) is 10.4 Å². The highest BCUT2D eigenvalue weighted by Gasteiger charge is 2.27. The van der Waals surface area contributed by atoms with Gasteiger partial charge in [0, 0.05) is 6.20 Å². The number of alkyl halides is 3. The lowest BCUT2D eigenvalue weighted by Gasteiger charge is -2.08. The molecule has 104 valence electrons. The van der Waals surface area contributed by atoms with Gasteiger partial charge in [-0.2, -0.15) is 13.2 Å². The van der Waals surface area contributed by atoms with E-state index in [0.29, 0.717) is 0 Å². The van der Waals surface area contributed by atoms with Gasteiger partial charge in [0.2, 0.25) is 5.91 Å². The Kier molecular flexibility index (Phi) is 4.81. The number of carboxylic acids is 1. The van der Waals surface area contributed by atoms with Crippen LogP contribution in [0.4, 0.5) is 18.9 Å². The number of carbonyl (C=O) groups is 2. The van der Waals surface area contributed by atoms with Gasteiger partial charge in [-0.1, -0.05) is 0 Å². The number of pyridine rings is 1. The normalized spacial score (nSPS) is 11.1. The number of amides is 1. The molecular weight excluding hydrogens is 269 g/mol. The molecule has 1 aromatic heterocycles. The van der Waals surface area contributed by atoms with E-state index in [1.54, 1.807) is 0 Å². The Morgan fingerprint density at radius 1 is 1.37 bits per heavy atom. The zero-order valence-corrected chi connectivity index (χ0v) is 9.40. The number of aromatic carboxylic acids is 1. The number of anilines is 1. The van der Waals surface area contributed by atoms with Crippen molar-refractivity contribution in [2.75, 3.05) is 18.5 Å². The summed E-state index contributed by atoms with van der Waals surface area (Å²) in [4.78, 5) is 25.4. The number of ether oxygens (including phenoxy) is 1. The summed E-state index contributed by atoms with van der Waals surface area (Å²) in [6.07, 6.45) is -2.28. The third-order valence-electron chi connectivity index (χ3n) is 1.77. The van der Waals surface area contributed by atoms with Crippen LogP contribution in [0.2, 0.25) is 0 Å². The Bertz CT molecular complexity index is 476. The van der Waals surface area contributed by atoms with Gasteiger partial charge in [0.25, 0.3) is 0 Å². The van der Waals surface area contributed by atoms with Crippen LogP contribution in [0, 0.1) is 0 Å². The van der Waals surface area contributed by atoms with Crippen molar-refractivity contribution >= 4 is 17.6 Å². The molecule has 1 rings (SSSR count). The molecule has 0 aliphatic rings. The lowest BCUT2D eigenvalue weighted by Crippen LogP contribution is -2.24. The Morgan fingerprint density at radius 2 is 2.05 bits per heavy atom. The van der Waals surface area contributed by atoms with Crippen molar-refractivity contribution in [2.45, 2.75) is 6.18 Å². The highest BCUT2D eigenvalue weighted by atomic mass is 19.4. The second-order valence-electron chi connectivity index (χ2n) is 3.42. The van der Waals surface area contributed by atoms with E-state index in [1.807, 2.05) is 0 Å². The van der Waals surface area contributed by atoms with Gasteiger partial charge in [0.05, 0.1) is 17.4 Å². The first-order valence-electron chi connectivity index (χ1n) is 4.90. The summed E-state index contributed by atoms with van der Waals surface area (Å²) in [6.45, 7) is -2.33. The van der Waals surface area contributed by atoms with Crippen LogP contribution in [0.15, 0.2) is 18.5 Å². The molecule has 0 aliphatic heterocycles. The van der Waals surface area contributed by atoms with Gasteiger partial charge in [-0.25, -0.2) is 4.79 Å². The van der Waals surface area contributed by atoms with Gasteiger partial charge in [0.15, 0.2) is 0 Å². The predicted molar refractivity (Wildman–Crippen MR) is 56.7 cm³/mol. The standard InChI is InChI=1S/C10H9F3N2O4/c11-10(12,13)5-19-4-8(16)15-7-1-6(9(17)18)2-14-3-7/h1-3H,4-5H2,(H,15,16)(H,17,18). The molecule has 0 aromatic carbocycles. The average Bonchev–Trinajstić information content (AvgIpc) is 2.27. The Balaban J connectivity index is 2.48. The molecule has 0 atom stereocenters. The number of aromatic nitrogens is 1. The number of hydrogen-bond acceptors (Lipinski definition) is 4. The van der Waals surface area contributed by atoms with Crippen molar-refractivity contribution in [3.63, 3.8) is 0 Å². The number of rotatable bonds is 5. The van der Waals surface area contributed by atoms with E-state index in [-0.39, 0.29) is 11.3 Å². The first-order chi connectivity index (χ1) is 8.78. The lowest BCUT2D eigenvalue weighted by molar-refractivity contribution is -0.174. The number of carboxylic acid groups (broad SMARTS) is 1. The van der Waals surface area contributed by atoms with Crippen molar-refractivity contribution in [2.24, 2.45) is 0 Å². The quantitative estimate of drug-likeness (QED) is 0.847. The number of hydrogen-bond donors (Lipinski definition) is 2. The topological polar surface area (TPSA) is 88.5 Å². The summed E-state index contributed by atoms with van der Waals surface area (Å²) >= 11 is 0. The maximum Gasteiger partial charge on any atom is 0.411 e. The number of halogens is 3. The molecule has 0 saturated carbocycles. The van der Waals surface area contributed by atoms with Crippen molar-refractivity contribution in [3.8, 4) is 0 Å². The second-order valence-corrected chi connectivity index (χ2v) is 3.42. The van der Waals surface area contributed by atoms with Crippen LogP contribution >= 0.6 is 0 Å². The minimum Gasteiger partial charge on any atom is -0.478 e. The third kappa shape index (κ3) is 5.82. The summed E-state index contributed by atoms with van der Waals surface area (Å²) < 4.78 is 39.4. The molecule has 6 nitrogen and oxygen atoms in total. The molecule has 1 heterocycles. The maximum atomic E-state index is 11.7. The van der Waals surface area contributed by atoms with Crippen LogP contribution in [-0.4, -0.2) is 41.4 Å². The summed E-state index contributed by atoms with van der Waals surface area (Å²) in [5.74, 6) is -2.08. The SMILES string of the molecule is O=C(COCC(F)(F)F)Nc1cncc(C(=O)O)c1. The molecule has 0 fully saturated rings. The molecular formula is C10H9F3N2O4. The van der Waals surface area contributed by atoms with E-state index >= 15 is 0 Å². The Morgan fingerprint density at radius 3 is 2.63 bits per heavy atom. The zero-order valence-electron chi connectivity index (χ0n) is 9.40. The fraction of sp³-hybridized carbons (Fsp3) is 0.300. The van der Waals surface area contributed by atoms with E-state index in [0.717, 1.165) is 18.5 Å². The van der Waals surface area contributed by atoms with Crippen molar-refractivity contribution in [3.05, 3.63) is 24.0 Å². The molecule has 19 heavy (non-hydrogen) atoms. The van der Waals surface area contributed by atoms with Crippen molar-refractivity contribution in [1.82, 2.24) is 4.98 Å². The summed E-state index contributed by atoms with van der Waals surface area (Å²) in [6, 6.07) is 1.12. The predicted octanol–water partition coefficient (Wildman–Crippen LogP) is 1.30. The van der Waals surface area contributed by atoms with E-state index in [1.165, 1.54) is 0 Å². The maximum absolute atomic E-state index is 11.7. The van der Waals surface area contributed by atoms with Crippen molar-refractivity contribution in [1.29, 1.82) is 0 Å². The highest BCUT2D eigenvalue weighted by molar-refractivity contribution is 5.94. The fourth-order valence-corrected chi connectivity index (χ4v) is 1.08. The third-order valence-corrected chi connectivity index (χ3v) is 1.77. The molecule has 2 N–H and O–H groups in total. The van der Waals surface area contributed by atoms with Crippen LogP contribution in [0.25, 0.3) is 0 Å². The number of nitrogens with one attached hydrogen (secondary N) is 1. The molecule has 0 saturated heterocycles. The smallest absolute Gasteiger partial charge is 0.411 e. The first-order valence-corrected chi connectivity index (χ1v) is 4.90. The summed E-state index contributed by atoms with van der Waals surface area (Å²) in [7, 11) is 0. The Hall–Kier alpha value is -2.16. The van der Waals surface area contributed by atoms with Gasteiger partial charge in [-0.05, 0) is 6.07 Å². The van der Waals surface area contributed by atoms with E-state index in [9.17, 15) is 22.8 Å². The summed E-state index contributed by atoms with van der Waals surface area (Å²) in [5, 5.41) is 10.8. The Labute approximate surface area is 105 Å². The molecule has 1 aromatic rings. The van der Waals surface area contributed by atoms with Crippen LogP contribution < -0.4 is 5.32 Å². The lowest BCUT2D eigenvalue weighted by atomic mass is 10.2. The van der Waals surface area contributed by atoms with Gasteiger partial charge < -0.3 is 15.2 Å². The molecule has 0 radical (unpaired) electrons. The number of carbonyl (C=O) groups excluding carboxylic acids is 1. The second kappa shape index (κ2) is 6.14. The van der Waals surface area contributed by atoms with E-state index < -0.39 is 31.3 Å². The average molecular weight is 278 g/mol. The van der Waals surface area contributed by atoms with E-state index in [4.69, 9.17) is 5.11 Å². The van der Waals surface area contributed by atoms with E-state index in [2.05, 4.69) is 15.0 Å². The fourth-order valence-electron chi connectivity index (χ4n) is 1.08. The van der Waals surface area contributed by atoms with Crippen LogP contribution in [0.5, 0.6) is 0 Å². The molecule has 9 heteroatoms. The van der Waals surface area contributed by atoms with Gasteiger partial charge in [0.1, 0.15) is 13.2 Å². The molecule has 0 spiro atoms. The van der Waals surface area contributed by atoms with Gasteiger partial charge in [-0.3, -0.25) is 9.78 Å². The summed E-state index contributed by atoms with van der Waals surface area (Å²) in [5.41, 5.74) is -0.102. The minimum atomic E-state index is -4.51. The molecule has 0 unspecified atom stereocenters. The number of nitrogens with zero attached hydrogens (tertiary/aromatic N) is 1. The van der Waals surface area contributed by atoms with Crippen molar-refractivity contribution < 1.29 is 32.6 Å². The highest BCUT2D eigenvalue weighted by Crippen LogP contribution is 2.14. The molecule has 0 bridgehead atoms. The minimum absolute atomic E-state index is 0.0560. The monoisotopic (exact) mass is 278 g/mol.